The van der Waals surface area contributed by atoms with Gasteiger partial charge < -0.3 is 43.4 Å². The molecule has 0 amide bonds. The van der Waals surface area contributed by atoms with Gasteiger partial charge in [-0.05, 0) is 99.2 Å². The second-order valence-electron chi connectivity index (χ2n) is 19.2. The average Bonchev–Trinajstić information content (AvgIpc) is 3.99. The van der Waals surface area contributed by atoms with Gasteiger partial charge in [0, 0.05) is 30.7 Å². The topological polar surface area (TPSA) is 159 Å². The van der Waals surface area contributed by atoms with E-state index in [-0.39, 0.29) is 38.3 Å². The van der Waals surface area contributed by atoms with Crippen LogP contribution >= 0.6 is 8.53 Å². The SMILES string of the molecule is COc1ccc(C(OC[C@H]2O[C@@H](n3c(Nc4ccc(C)cc4)nc4c(OCc5ccccc5)nc(NCC(C)C)nc43)C[C@@H]2OP(OCCC#N)N(C(C)C)C(C)C)(c2ccccc2)c2ccc(OC)cc2)cc1. The fourth-order valence-electron chi connectivity index (χ4n) is 9.09. The molecule has 0 bridgehead atoms. The van der Waals surface area contributed by atoms with Crippen LogP contribution in [0.15, 0.2) is 133 Å². The van der Waals surface area contributed by atoms with Gasteiger partial charge in [0.05, 0.1) is 46.0 Å². The van der Waals surface area contributed by atoms with E-state index >= 15 is 0 Å². The van der Waals surface area contributed by atoms with Crippen LogP contribution in [0.2, 0.25) is 0 Å². The Morgan fingerprint density at radius 3 is 1.97 bits per heavy atom. The molecule has 15 nitrogen and oxygen atoms in total. The molecule has 0 saturated carbocycles. The van der Waals surface area contributed by atoms with Crippen LogP contribution in [0.1, 0.15) is 88.4 Å². The molecule has 8 rings (SSSR count). The number of fused-ring (bicyclic) bond motifs is 1. The number of hydrogen-bond acceptors (Lipinski definition) is 14. The minimum atomic E-state index is -1.72. The Bertz CT molecular complexity index is 2840. The van der Waals surface area contributed by atoms with Gasteiger partial charge >= 0.3 is 0 Å². The first-order valence-electron chi connectivity index (χ1n) is 25.3. The molecule has 1 aliphatic rings. The van der Waals surface area contributed by atoms with E-state index < -0.39 is 32.6 Å². The van der Waals surface area contributed by atoms with Crippen molar-refractivity contribution in [2.24, 2.45) is 5.92 Å². The first kappa shape index (κ1) is 53.7. The number of aromatic nitrogens is 4. The summed E-state index contributed by atoms with van der Waals surface area (Å²) in [7, 11) is 1.59. The van der Waals surface area contributed by atoms with E-state index in [4.69, 9.17) is 47.7 Å². The Morgan fingerprint density at radius 2 is 1.39 bits per heavy atom. The molecule has 4 atom stereocenters. The van der Waals surface area contributed by atoms with E-state index in [2.05, 4.69) is 94.1 Å². The number of imidazole rings is 1. The van der Waals surface area contributed by atoms with Crippen molar-refractivity contribution < 1.29 is 32.7 Å². The molecule has 7 aromatic rings. The van der Waals surface area contributed by atoms with Crippen molar-refractivity contribution in [1.82, 2.24) is 24.2 Å². The average molecular weight is 1020 g/mol. The minimum Gasteiger partial charge on any atom is -0.497 e. The zero-order valence-electron chi connectivity index (χ0n) is 43.9. The standard InChI is InChI=1S/C58H69N8O7P/c1-39(2)36-60-56-63-54-53(55(64-56)69-37-43-17-12-10-13-18-43)62-57(61-47-27-21-42(7)22-28-47)65(54)52-35-50(73-74(71-34-16-33-59)66(40(3)4)41(5)6)51(72-52)38-70-58(44-19-14-11-15-20-44,45-23-29-48(67-8)30-24-45)46-25-31-49(68-9)32-26-46/h10-15,17-32,39-41,50-52H,16,34-38H2,1-9H3,(H,61,62)(H,60,63,64)/t50-,51+,52+,74?/m0/s1. The molecule has 1 aliphatic heterocycles. The minimum absolute atomic E-state index is 0.0533. The number of rotatable bonds is 25. The number of ether oxygens (including phenoxy) is 5. The highest BCUT2D eigenvalue weighted by Gasteiger charge is 2.46. The van der Waals surface area contributed by atoms with Gasteiger partial charge in [-0.25, -0.2) is 9.65 Å². The monoisotopic (exact) mass is 1020 g/mol. The summed E-state index contributed by atoms with van der Waals surface area (Å²) in [5.41, 5.74) is 5.39. The maximum atomic E-state index is 9.65. The second kappa shape index (κ2) is 25.1. The van der Waals surface area contributed by atoms with Crippen LogP contribution in [-0.4, -0.2) is 82.5 Å². The van der Waals surface area contributed by atoms with E-state index in [9.17, 15) is 5.26 Å². The highest BCUT2D eigenvalue weighted by Crippen LogP contribution is 2.51. The molecule has 3 heterocycles. The van der Waals surface area contributed by atoms with E-state index in [0.717, 1.165) is 33.5 Å². The van der Waals surface area contributed by atoms with Crippen molar-refractivity contribution in [3.63, 3.8) is 0 Å². The Hall–Kier alpha value is -6.63. The number of aryl methyl sites for hydroxylation is 1. The summed E-state index contributed by atoms with van der Waals surface area (Å²) in [5, 5.41) is 16.7. The van der Waals surface area contributed by atoms with Crippen LogP contribution in [0.25, 0.3) is 11.2 Å². The molecule has 2 N–H and O–H groups in total. The van der Waals surface area contributed by atoms with Crippen molar-refractivity contribution in [1.29, 1.82) is 5.26 Å². The third-order valence-corrected chi connectivity index (χ3v) is 14.9. The van der Waals surface area contributed by atoms with Crippen LogP contribution < -0.4 is 24.8 Å². The van der Waals surface area contributed by atoms with Gasteiger partial charge in [-0.2, -0.15) is 15.2 Å². The Morgan fingerprint density at radius 1 is 0.784 bits per heavy atom. The van der Waals surface area contributed by atoms with Crippen LogP contribution in [0.4, 0.5) is 17.6 Å². The van der Waals surface area contributed by atoms with Gasteiger partial charge in [0.25, 0.3) is 8.53 Å². The lowest BCUT2D eigenvalue weighted by molar-refractivity contribution is -0.0908. The summed E-state index contributed by atoms with van der Waals surface area (Å²) in [5.74, 6) is 2.94. The van der Waals surface area contributed by atoms with Gasteiger partial charge in [0.1, 0.15) is 36.0 Å². The predicted octanol–water partition coefficient (Wildman–Crippen LogP) is 12.5. The normalized spacial score (nSPS) is 16.2. The first-order chi connectivity index (χ1) is 35.9. The Kier molecular flexibility index (Phi) is 18.2. The molecule has 1 saturated heterocycles. The highest BCUT2D eigenvalue weighted by atomic mass is 31.2. The van der Waals surface area contributed by atoms with Gasteiger partial charge in [-0.15, -0.1) is 0 Å². The molecule has 0 spiro atoms. The molecule has 2 aromatic heterocycles. The summed E-state index contributed by atoms with van der Waals surface area (Å²) in [4.78, 5) is 15.3. The molecular weight excluding hydrogens is 952 g/mol. The van der Waals surface area contributed by atoms with Gasteiger partial charge in [0.15, 0.2) is 11.2 Å². The van der Waals surface area contributed by atoms with Crippen molar-refractivity contribution in [2.45, 2.75) is 104 Å². The molecule has 1 unspecified atom stereocenters. The number of benzene rings is 5. The quantitative estimate of drug-likeness (QED) is 0.0316. The summed E-state index contributed by atoms with van der Waals surface area (Å²) >= 11 is 0. The lowest BCUT2D eigenvalue weighted by Gasteiger charge is -2.39. The molecule has 1 fully saturated rings. The fourth-order valence-corrected chi connectivity index (χ4v) is 10.8. The molecular formula is C58H69N8O7P. The highest BCUT2D eigenvalue weighted by molar-refractivity contribution is 7.44. The van der Waals surface area contributed by atoms with E-state index in [1.54, 1.807) is 14.2 Å². The van der Waals surface area contributed by atoms with Gasteiger partial charge in [-0.1, -0.05) is 116 Å². The van der Waals surface area contributed by atoms with Gasteiger partial charge in [-0.3, -0.25) is 4.57 Å². The number of nitrogens with one attached hydrogen (secondary N) is 2. The van der Waals surface area contributed by atoms with Crippen molar-refractivity contribution in [3.05, 3.63) is 161 Å². The fraction of sp³-hybridized carbons (Fsp3) is 0.379. The van der Waals surface area contributed by atoms with E-state index in [0.29, 0.717) is 59.3 Å². The predicted molar refractivity (Wildman–Crippen MR) is 291 cm³/mol. The number of nitrogens with zero attached hydrogens (tertiary/aromatic N) is 6. The lowest BCUT2D eigenvalue weighted by atomic mass is 9.80. The second-order valence-corrected chi connectivity index (χ2v) is 20.6. The van der Waals surface area contributed by atoms with Crippen molar-refractivity contribution >= 4 is 37.3 Å². The van der Waals surface area contributed by atoms with Crippen LogP contribution in [-0.2, 0) is 30.7 Å². The van der Waals surface area contributed by atoms with Crippen LogP contribution in [0.5, 0.6) is 17.4 Å². The number of methoxy groups -OCH3 is 2. The Balaban J connectivity index is 1.28. The van der Waals surface area contributed by atoms with Crippen molar-refractivity contribution in [3.8, 4) is 23.4 Å². The maximum Gasteiger partial charge on any atom is 0.259 e. The largest absolute Gasteiger partial charge is 0.497 e. The molecule has 16 heteroatoms. The number of hydrogen-bond donors (Lipinski definition) is 2. The Labute approximate surface area is 437 Å². The molecule has 74 heavy (non-hydrogen) atoms. The molecule has 388 valence electrons. The molecule has 0 aliphatic carbocycles. The van der Waals surface area contributed by atoms with E-state index in [1.165, 1.54) is 0 Å². The first-order valence-corrected chi connectivity index (χ1v) is 26.5. The lowest BCUT2D eigenvalue weighted by Crippen LogP contribution is -2.39. The summed E-state index contributed by atoms with van der Waals surface area (Å²) < 4.78 is 50.9. The number of nitriles is 1. The summed E-state index contributed by atoms with van der Waals surface area (Å²) in [6.07, 6.45) is -1.45. The maximum absolute atomic E-state index is 9.65. The van der Waals surface area contributed by atoms with Crippen LogP contribution in [0, 0.1) is 24.2 Å². The summed E-state index contributed by atoms with van der Waals surface area (Å²) in [6.45, 7) is 16.0. The van der Waals surface area contributed by atoms with Gasteiger partial charge in [0.2, 0.25) is 17.8 Å². The van der Waals surface area contributed by atoms with Crippen LogP contribution in [0.3, 0.4) is 0 Å². The zero-order chi connectivity index (χ0) is 52.2. The molecule has 5 aromatic carbocycles. The molecule has 0 radical (unpaired) electrons. The van der Waals surface area contributed by atoms with Crippen molar-refractivity contribution in [2.75, 3.05) is 44.6 Å². The summed E-state index contributed by atoms with van der Waals surface area (Å²) in [6, 6.07) is 46.6. The third-order valence-electron chi connectivity index (χ3n) is 12.7. The third kappa shape index (κ3) is 12.6. The van der Waals surface area contributed by atoms with E-state index in [1.807, 2.05) is 114 Å². The number of anilines is 3. The smallest absolute Gasteiger partial charge is 0.259 e. The zero-order valence-corrected chi connectivity index (χ0v) is 44.8.